The molecular weight excluding hydrogens is 414 g/mol. The van der Waals surface area contributed by atoms with Gasteiger partial charge in [0, 0.05) is 11.0 Å². The molecule has 1 aromatic heterocycles. The van der Waals surface area contributed by atoms with Gasteiger partial charge in [0.2, 0.25) is 0 Å². The van der Waals surface area contributed by atoms with Crippen molar-refractivity contribution in [3.05, 3.63) is 76.7 Å². The third-order valence-corrected chi connectivity index (χ3v) is 5.44. The van der Waals surface area contributed by atoms with Crippen molar-refractivity contribution in [1.82, 2.24) is 5.16 Å². The molecule has 1 heterocycles. The lowest BCUT2D eigenvalue weighted by Gasteiger charge is -2.11. The standard InChI is InChI=1S/C24H25NO5S/c1-16-21(17(2)30-25-16)15-28-22-11-7-18(13-23(22)27-3)8-12-24(26)29-14-19-5-9-20(31-4)10-6-19/h5-13H,14-15H2,1-4H3/b12-8+. The summed E-state index contributed by atoms with van der Waals surface area (Å²) in [6, 6.07) is 13.4. The van der Waals surface area contributed by atoms with E-state index >= 15 is 0 Å². The van der Waals surface area contributed by atoms with Gasteiger partial charge in [0.1, 0.15) is 19.0 Å². The van der Waals surface area contributed by atoms with Gasteiger partial charge in [-0.15, -0.1) is 11.8 Å². The van der Waals surface area contributed by atoms with E-state index in [1.807, 2.05) is 50.4 Å². The van der Waals surface area contributed by atoms with Crippen molar-refractivity contribution in [3.8, 4) is 11.5 Å². The number of methoxy groups -OCH3 is 1. The Morgan fingerprint density at radius 1 is 1.10 bits per heavy atom. The van der Waals surface area contributed by atoms with E-state index in [0.717, 1.165) is 28.1 Å². The van der Waals surface area contributed by atoms with Gasteiger partial charge in [0.05, 0.1) is 18.4 Å². The normalized spacial score (nSPS) is 11.0. The molecule has 3 aromatic rings. The summed E-state index contributed by atoms with van der Waals surface area (Å²) in [5.74, 6) is 1.48. The fraction of sp³-hybridized carbons (Fsp3) is 0.250. The van der Waals surface area contributed by atoms with Gasteiger partial charge in [-0.2, -0.15) is 0 Å². The first-order chi connectivity index (χ1) is 15.0. The molecule has 0 saturated carbocycles. The summed E-state index contributed by atoms with van der Waals surface area (Å²) in [6.45, 7) is 4.29. The molecule has 0 aliphatic carbocycles. The molecule has 0 saturated heterocycles. The van der Waals surface area contributed by atoms with E-state index in [1.54, 1.807) is 37.1 Å². The Kier molecular flexibility index (Phi) is 7.78. The van der Waals surface area contributed by atoms with Gasteiger partial charge >= 0.3 is 5.97 Å². The first-order valence-corrected chi connectivity index (χ1v) is 10.9. The highest BCUT2D eigenvalue weighted by atomic mass is 32.2. The molecule has 31 heavy (non-hydrogen) atoms. The van der Waals surface area contributed by atoms with E-state index in [9.17, 15) is 4.79 Å². The summed E-state index contributed by atoms with van der Waals surface area (Å²) in [4.78, 5) is 13.2. The largest absolute Gasteiger partial charge is 0.493 e. The molecular formula is C24H25NO5S. The van der Waals surface area contributed by atoms with E-state index in [4.69, 9.17) is 18.7 Å². The molecule has 7 heteroatoms. The minimum absolute atomic E-state index is 0.232. The summed E-state index contributed by atoms with van der Waals surface area (Å²) in [5.41, 5.74) is 3.45. The van der Waals surface area contributed by atoms with Crippen molar-refractivity contribution in [1.29, 1.82) is 0 Å². The molecule has 0 aliphatic rings. The maximum Gasteiger partial charge on any atom is 0.331 e. The Bertz CT molecular complexity index is 1040. The Balaban J connectivity index is 1.57. The summed E-state index contributed by atoms with van der Waals surface area (Å²) >= 11 is 1.67. The van der Waals surface area contributed by atoms with Crippen molar-refractivity contribution >= 4 is 23.8 Å². The van der Waals surface area contributed by atoms with Gasteiger partial charge in [-0.1, -0.05) is 23.4 Å². The smallest absolute Gasteiger partial charge is 0.331 e. The third kappa shape index (κ3) is 6.15. The lowest BCUT2D eigenvalue weighted by atomic mass is 10.2. The molecule has 3 rings (SSSR count). The molecule has 0 amide bonds. The van der Waals surface area contributed by atoms with Crippen LogP contribution in [-0.2, 0) is 22.7 Å². The fourth-order valence-electron chi connectivity index (χ4n) is 2.85. The predicted octanol–water partition coefficient (Wildman–Crippen LogP) is 5.36. The average molecular weight is 440 g/mol. The van der Waals surface area contributed by atoms with Crippen LogP contribution in [0.2, 0.25) is 0 Å². The van der Waals surface area contributed by atoms with Crippen LogP contribution < -0.4 is 9.47 Å². The number of hydrogen-bond acceptors (Lipinski definition) is 7. The molecule has 0 aliphatic heterocycles. The number of hydrogen-bond donors (Lipinski definition) is 0. The van der Waals surface area contributed by atoms with Crippen molar-refractivity contribution in [2.45, 2.75) is 32.0 Å². The number of aromatic nitrogens is 1. The number of esters is 1. The maximum atomic E-state index is 12.0. The van der Waals surface area contributed by atoms with Crippen LogP contribution in [0, 0.1) is 13.8 Å². The number of thioether (sulfide) groups is 1. The predicted molar refractivity (Wildman–Crippen MR) is 120 cm³/mol. The third-order valence-electron chi connectivity index (χ3n) is 4.69. The Labute approximate surface area is 186 Å². The van der Waals surface area contributed by atoms with Crippen LogP contribution in [0.25, 0.3) is 6.08 Å². The van der Waals surface area contributed by atoms with Crippen LogP contribution in [0.4, 0.5) is 0 Å². The van der Waals surface area contributed by atoms with Crippen molar-refractivity contribution < 1.29 is 23.5 Å². The molecule has 0 radical (unpaired) electrons. The quantitative estimate of drug-likeness (QED) is 0.253. The first kappa shape index (κ1) is 22.5. The number of aryl methyl sites for hydroxylation is 2. The van der Waals surface area contributed by atoms with Crippen LogP contribution in [0.3, 0.4) is 0 Å². The second-order valence-corrected chi connectivity index (χ2v) is 7.67. The molecule has 0 N–H and O–H groups in total. The van der Waals surface area contributed by atoms with E-state index < -0.39 is 5.97 Å². The minimum Gasteiger partial charge on any atom is -0.493 e. The highest BCUT2D eigenvalue weighted by molar-refractivity contribution is 7.98. The van der Waals surface area contributed by atoms with Crippen LogP contribution in [-0.4, -0.2) is 24.5 Å². The maximum absolute atomic E-state index is 12.0. The highest BCUT2D eigenvalue weighted by Gasteiger charge is 2.12. The lowest BCUT2D eigenvalue weighted by molar-refractivity contribution is -0.138. The summed E-state index contributed by atoms with van der Waals surface area (Å²) < 4.78 is 21.8. The van der Waals surface area contributed by atoms with Gasteiger partial charge in [0.25, 0.3) is 0 Å². The number of rotatable bonds is 9. The Hall–Kier alpha value is -3.19. The zero-order valence-electron chi connectivity index (χ0n) is 18.0. The molecule has 0 atom stereocenters. The molecule has 2 aromatic carbocycles. The first-order valence-electron chi connectivity index (χ1n) is 9.70. The number of nitrogens with zero attached hydrogens (tertiary/aromatic N) is 1. The van der Waals surface area contributed by atoms with E-state index in [0.29, 0.717) is 18.1 Å². The molecule has 0 spiro atoms. The van der Waals surface area contributed by atoms with Crippen LogP contribution in [0.5, 0.6) is 11.5 Å². The minimum atomic E-state index is -0.411. The van der Waals surface area contributed by atoms with E-state index in [2.05, 4.69) is 5.16 Å². The molecule has 6 nitrogen and oxygen atoms in total. The lowest BCUT2D eigenvalue weighted by Crippen LogP contribution is -2.01. The van der Waals surface area contributed by atoms with Crippen LogP contribution in [0.15, 0.2) is 58.0 Å². The zero-order chi connectivity index (χ0) is 22.2. The SMILES string of the molecule is COc1cc(/C=C/C(=O)OCc2ccc(SC)cc2)ccc1OCc1c(C)noc1C. The van der Waals surface area contributed by atoms with E-state index in [1.165, 1.54) is 11.0 Å². The monoisotopic (exact) mass is 439 g/mol. The van der Waals surface area contributed by atoms with Crippen molar-refractivity contribution in [2.24, 2.45) is 0 Å². The molecule has 0 unspecified atom stereocenters. The van der Waals surface area contributed by atoms with Crippen LogP contribution in [0.1, 0.15) is 28.1 Å². The topological polar surface area (TPSA) is 70.8 Å². The van der Waals surface area contributed by atoms with Crippen LogP contribution >= 0.6 is 11.8 Å². The molecule has 0 fully saturated rings. The van der Waals surface area contributed by atoms with Crippen molar-refractivity contribution in [3.63, 3.8) is 0 Å². The Morgan fingerprint density at radius 2 is 1.87 bits per heavy atom. The van der Waals surface area contributed by atoms with Gasteiger partial charge in [-0.05, 0) is 61.6 Å². The average Bonchev–Trinajstić information content (AvgIpc) is 3.12. The van der Waals surface area contributed by atoms with Gasteiger partial charge in [-0.25, -0.2) is 4.79 Å². The highest BCUT2D eigenvalue weighted by Crippen LogP contribution is 2.30. The number of benzene rings is 2. The second-order valence-electron chi connectivity index (χ2n) is 6.79. The number of ether oxygens (including phenoxy) is 3. The van der Waals surface area contributed by atoms with Gasteiger partial charge in [-0.3, -0.25) is 0 Å². The van der Waals surface area contributed by atoms with E-state index in [-0.39, 0.29) is 6.61 Å². The zero-order valence-corrected chi connectivity index (χ0v) is 18.8. The van der Waals surface area contributed by atoms with Gasteiger partial charge < -0.3 is 18.7 Å². The summed E-state index contributed by atoms with van der Waals surface area (Å²) in [7, 11) is 1.57. The Morgan fingerprint density at radius 3 is 2.52 bits per heavy atom. The van der Waals surface area contributed by atoms with Crippen molar-refractivity contribution in [2.75, 3.05) is 13.4 Å². The molecule has 0 bridgehead atoms. The number of carbonyl (C=O) groups is 1. The summed E-state index contributed by atoms with van der Waals surface area (Å²) in [6.07, 6.45) is 5.10. The second kappa shape index (κ2) is 10.7. The number of carbonyl (C=O) groups excluding carboxylic acids is 1. The summed E-state index contributed by atoms with van der Waals surface area (Å²) in [5, 5.41) is 3.93. The van der Waals surface area contributed by atoms with Gasteiger partial charge in [0.15, 0.2) is 11.5 Å². The molecule has 162 valence electrons. The fourth-order valence-corrected chi connectivity index (χ4v) is 3.26.